The van der Waals surface area contributed by atoms with Crippen molar-refractivity contribution >= 4 is 0 Å². The average molecular weight is 174 g/mol. The number of hydrogen-bond acceptors (Lipinski definition) is 0. The van der Waals surface area contributed by atoms with Crippen LogP contribution in [0.5, 0.6) is 0 Å². The highest BCUT2D eigenvalue weighted by Gasteiger charge is 1.89. The Balaban J connectivity index is 2.36. The van der Waals surface area contributed by atoms with E-state index in [1.165, 1.54) is 24.0 Å². The zero-order valence-corrected chi connectivity index (χ0v) is 8.59. The molecule has 0 unspecified atom stereocenters. The molecule has 0 spiro atoms. The van der Waals surface area contributed by atoms with Crippen LogP contribution in [-0.2, 0) is 6.42 Å². The largest absolute Gasteiger partial charge is 0.0853 e. The Hall–Kier alpha value is -1.04. The highest BCUT2D eigenvalue weighted by molar-refractivity contribution is 5.15. The molecule has 0 radical (unpaired) electrons. The molecule has 0 aliphatic heterocycles. The first-order chi connectivity index (χ1) is 6.33. The molecule has 0 N–H and O–H groups in total. The first-order valence-corrected chi connectivity index (χ1v) is 5.02. The van der Waals surface area contributed by atoms with Crippen LogP contribution in [0.4, 0.5) is 0 Å². The molecule has 1 aromatic carbocycles. The van der Waals surface area contributed by atoms with Crippen molar-refractivity contribution < 1.29 is 0 Å². The third kappa shape index (κ3) is 3.93. The number of benzene rings is 1. The van der Waals surface area contributed by atoms with Crippen LogP contribution in [-0.4, -0.2) is 0 Å². The van der Waals surface area contributed by atoms with Crippen molar-refractivity contribution in [3.8, 4) is 0 Å². The summed E-state index contributed by atoms with van der Waals surface area (Å²) in [7, 11) is 0. The van der Waals surface area contributed by atoms with Crippen LogP contribution < -0.4 is 0 Å². The van der Waals surface area contributed by atoms with Gasteiger partial charge in [0.2, 0.25) is 0 Å². The molecule has 0 amide bonds. The van der Waals surface area contributed by atoms with E-state index in [4.69, 9.17) is 0 Å². The summed E-state index contributed by atoms with van der Waals surface area (Å²) < 4.78 is 0. The van der Waals surface area contributed by atoms with E-state index in [2.05, 4.69) is 50.3 Å². The molecule has 0 atom stereocenters. The van der Waals surface area contributed by atoms with E-state index in [0.29, 0.717) is 0 Å². The van der Waals surface area contributed by atoms with Crippen molar-refractivity contribution in [2.45, 2.75) is 33.1 Å². The minimum absolute atomic E-state index is 1.16. The highest BCUT2D eigenvalue weighted by Crippen LogP contribution is 2.06. The van der Waals surface area contributed by atoms with Crippen molar-refractivity contribution in [1.82, 2.24) is 0 Å². The maximum Gasteiger partial charge on any atom is -0.0244 e. The monoisotopic (exact) mass is 174 g/mol. The molecule has 70 valence electrons. The quantitative estimate of drug-likeness (QED) is 0.606. The van der Waals surface area contributed by atoms with E-state index < -0.39 is 0 Å². The third-order valence-corrected chi connectivity index (χ3v) is 2.33. The third-order valence-electron chi connectivity index (χ3n) is 2.33. The second kappa shape index (κ2) is 5.58. The fourth-order valence-electron chi connectivity index (χ4n) is 1.27. The van der Waals surface area contributed by atoms with Gasteiger partial charge < -0.3 is 0 Å². The first-order valence-electron chi connectivity index (χ1n) is 5.02. The van der Waals surface area contributed by atoms with Gasteiger partial charge in [-0.2, -0.15) is 0 Å². The molecule has 0 fully saturated rings. The molecule has 0 saturated carbocycles. The van der Waals surface area contributed by atoms with Crippen molar-refractivity contribution in [2.24, 2.45) is 0 Å². The number of aryl methyl sites for hydroxylation is 1. The van der Waals surface area contributed by atoms with E-state index in [-0.39, 0.29) is 0 Å². The van der Waals surface area contributed by atoms with Gasteiger partial charge in [-0.25, -0.2) is 0 Å². The maximum absolute atomic E-state index is 2.34. The Bertz CT molecular complexity index is 257. The molecule has 0 aliphatic carbocycles. The summed E-state index contributed by atoms with van der Waals surface area (Å²) in [5.41, 5.74) is 2.93. The van der Waals surface area contributed by atoms with Crippen molar-refractivity contribution in [3.63, 3.8) is 0 Å². The standard InChI is InChI=1S/C13H18/c1-3-12(2)8-7-11-13-9-5-4-6-10-13/h4-6,8-10H,3,7,11H2,1-2H3. The van der Waals surface area contributed by atoms with E-state index in [1.54, 1.807) is 0 Å². The van der Waals surface area contributed by atoms with Crippen LogP contribution in [0.3, 0.4) is 0 Å². The summed E-state index contributed by atoms with van der Waals surface area (Å²) >= 11 is 0. The normalized spacial score (nSPS) is 11.7. The Morgan fingerprint density at radius 3 is 2.54 bits per heavy atom. The number of allylic oxidation sites excluding steroid dienone is 2. The second-order valence-corrected chi connectivity index (χ2v) is 3.43. The smallest absolute Gasteiger partial charge is 0.0244 e. The summed E-state index contributed by atoms with van der Waals surface area (Å²) in [6.07, 6.45) is 5.85. The second-order valence-electron chi connectivity index (χ2n) is 3.43. The van der Waals surface area contributed by atoms with Crippen LogP contribution in [0.1, 0.15) is 32.3 Å². The maximum atomic E-state index is 2.34. The summed E-state index contributed by atoms with van der Waals surface area (Å²) in [6.45, 7) is 4.40. The van der Waals surface area contributed by atoms with Crippen LogP contribution in [0, 0.1) is 0 Å². The van der Waals surface area contributed by atoms with E-state index in [9.17, 15) is 0 Å². The molecule has 13 heavy (non-hydrogen) atoms. The molecule has 0 nitrogen and oxygen atoms in total. The topological polar surface area (TPSA) is 0 Å². The summed E-state index contributed by atoms with van der Waals surface area (Å²) in [4.78, 5) is 0. The first kappa shape index (κ1) is 10.0. The highest BCUT2D eigenvalue weighted by atomic mass is 13.9. The fraction of sp³-hybridized carbons (Fsp3) is 0.385. The van der Waals surface area contributed by atoms with Gasteiger partial charge in [0, 0.05) is 0 Å². The molecule has 0 heteroatoms. The van der Waals surface area contributed by atoms with Crippen LogP contribution >= 0.6 is 0 Å². The Morgan fingerprint density at radius 1 is 1.23 bits per heavy atom. The molecular formula is C13H18. The predicted octanol–water partition coefficient (Wildman–Crippen LogP) is 3.98. The van der Waals surface area contributed by atoms with E-state index >= 15 is 0 Å². The molecular weight excluding hydrogens is 156 g/mol. The molecule has 0 saturated heterocycles. The lowest BCUT2D eigenvalue weighted by molar-refractivity contribution is 0.967. The molecule has 0 aromatic heterocycles. The lowest BCUT2D eigenvalue weighted by Crippen LogP contribution is -1.82. The van der Waals surface area contributed by atoms with Crippen molar-refractivity contribution in [3.05, 3.63) is 47.5 Å². The van der Waals surface area contributed by atoms with Gasteiger partial charge >= 0.3 is 0 Å². The van der Waals surface area contributed by atoms with Crippen molar-refractivity contribution in [1.29, 1.82) is 0 Å². The van der Waals surface area contributed by atoms with Crippen LogP contribution in [0.25, 0.3) is 0 Å². The summed E-state index contributed by atoms with van der Waals surface area (Å²) in [5.74, 6) is 0. The Kier molecular flexibility index (Phi) is 4.31. The minimum Gasteiger partial charge on any atom is -0.0853 e. The van der Waals surface area contributed by atoms with Crippen LogP contribution in [0.15, 0.2) is 42.0 Å². The number of hydrogen-bond donors (Lipinski definition) is 0. The van der Waals surface area contributed by atoms with Gasteiger partial charge in [-0.05, 0) is 31.7 Å². The Labute approximate surface area is 81.3 Å². The molecule has 1 aromatic rings. The summed E-state index contributed by atoms with van der Waals surface area (Å²) in [6, 6.07) is 10.7. The van der Waals surface area contributed by atoms with Gasteiger partial charge in [0.1, 0.15) is 0 Å². The van der Waals surface area contributed by atoms with Gasteiger partial charge in [0.15, 0.2) is 0 Å². The summed E-state index contributed by atoms with van der Waals surface area (Å²) in [5, 5.41) is 0. The fourth-order valence-corrected chi connectivity index (χ4v) is 1.27. The molecule has 0 heterocycles. The molecule has 0 bridgehead atoms. The SMILES string of the molecule is CCC(C)=CCCc1ccccc1. The van der Waals surface area contributed by atoms with Gasteiger partial charge in [0.25, 0.3) is 0 Å². The average Bonchev–Trinajstić information content (AvgIpc) is 2.19. The predicted molar refractivity (Wildman–Crippen MR) is 58.8 cm³/mol. The van der Waals surface area contributed by atoms with Gasteiger partial charge in [-0.15, -0.1) is 0 Å². The zero-order valence-electron chi connectivity index (χ0n) is 8.59. The van der Waals surface area contributed by atoms with E-state index in [0.717, 1.165) is 6.42 Å². The lowest BCUT2D eigenvalue weighted by atomic mass is 10.1. The molecule has 0 aliphatic rings. The number of rotatable bonds is 4. The minimum atomic E-state index is 1.16. The zero-order chi connectivity index (χ0) is 9.52. The molecule has 1 rings (SSSR count). The van der Waals surface area contributed by atoms with Gasteiger partial charge in [0.05, 0.1) is 0 Å². The van der Waals surface area contributed by atoms with Crippen molar-refractivity contribution in [2.75, 3.05) is 0 Å². The Morgan fingerprint density at radius 2 is 1.92 bits per heavy atom. The van der Waals surface area contributed by atoms with Gasteiger partial charge in [-0.1, -0.05) is 48.9 Å². The van der Waals surface area contributed by atoms with Gasteiger partial charge in [-0.3, -0.25) is 0 Å². The van der Waals surface area contributed by atoms with Crippen LogP contribution in [0.2, 0.25) is 0 Å². The lowest BCUT2D eigenvalue weighted by Gasteiger charge is -1.98. The van der Waals surface area contributed by atoms with E-state index in [1.807, 2.05) is 0 Å².